The van der Waals surface area contributed by atoms with Gasteiger partial charge in [-0.05, 0) is 55.0 Å². The Morgan fingerprint density at radius 3 is 2.59 bits per heavy atom. The zero-order valence-electron chi connectivity index (χ0n) is 16.5. The molecule has 1 aromatic carbocycles. The Bertz CT molecular complexity index is 676. The van der Waals surface area contributed by atoms with Crippen LogP contribution in [0.15, 0.2) is 42.6 Å². The first kappa shape index (κ1) is 20.1. The number of benzene rings is 1. The third-order valence-corrected chi connectivity index (χ3v) is 5.76. The lowest BCUT2D eigenvalue weighted by Gasteiger charge is -2.31. The summed E-state index contributed by atoms with van der Waals surface area (Å²) in [4.78, 5) is 2.43. The Balaban J connectivity index is 1.67. The fraction of sp³-hybridized carbons (Fsp3) is 0.565. The molecule has 27 heavy (non-hydrogen) atoms. The number of rotatable bonds is 9. The standard InChI is InChI=1S/C23H33FN2O/c1-2-23(27)18-25(15-19-7-4-3-5-8-19)17-22-9-6-14-26(22)16-20-10-12-21(24)13-11-20/h6,9-14,19,23,27H,2-5,7-8,15-18H2,1H3. The van der Waals surface area contributed by atoms with E-state index in [2.05, 4.69) is 27.8 Å². The van der Waals surface area contributed by atoms with Crippen molar-refractivity contribution < 1.29 is 9.50 Å². The molecule has 0 radical (unpaired) electrons. The normalized spacial score (nSPS) is 16.7. The summed E-state index contributed by atoms with van der Waals surface area (Å²) in [7, 11) is 0. The predicted octanol–water partition coefficient (Wildman–Crippen LogP) is 4.83. The van der Waals surface area contributed by atoms with Crippen molar-refractivity contribution in [3.05, 3.63) is 59.7 Å². The van der Waals surface area contributed by atoms with Crippen molar-refractivity contribution in [2.75, 3.05) is 13.1 Å². The molecule has 0 saturated heterocycles. The minimum absolute atomic E-state index is 0.196. The highest BCUT2D eigenvalue weighted by atomic mass is 19.1. The van der Waals surface area contributed by atoms with E-state index >= 15 is 0 Å². The van der Waals surface area contributed by atoms with Crippen molar-refractivity contribution in [1.29, 1.82) is 0 Å². The van der Waals surface area contributed by atoms with Crippen molar-refractivity contribution in [3.8, 4) is 0 Å². The molecule has 1 N–H and O–H groups in total. The van der Waals surface area contributed by atoms with Gasteiger partial charge in [0.15, 0.2) is 0 Å². The van der Waals surface area contributed by atoms with E-state index in [9.17, 15) is 9.50 Å². The van der Waals surface area contributed by atoms with Crippen LogP contribution < -0.4 is 0 Å². The van der Waals surface area contributed by atoms with Crippen LogP contribution in [0.1, 0.15) is 56.7 Å². The van der Waals surface area contributed by atoms with Gasteiger partial charge in [-0.2, -0.15) is 0 Å². The fourth-order valence-corrected chi connectivity index (χ4v) is 4.13. The van der Waals surface area contributed by atoms with Crippen LogP contribution in [-0.4, -0.2) is 33.8 Å². The molecule has 4 heteroatoms. The Morgan fingerprint density at radius 2 is 1.89 bits per heavy atom. The van der Waals surface area contributed by atoms with Gasteiger partial charge in [0.2, 0.25) is 0 Å². The Labute approximate surface area is 162 Å². The van der Waals surface area contributed by atoms with E-state index in [1.807, 2.05) is 19.1 Å². The molecule has 1 heterocycles. The maximum absolute atomic E-state index is 13.2. The zero-order valence-corrected chi connectivity index (χ0v) is 16.5. The maximum atomic E-state index is 13.2. The largest absolute Gasteiger partial charge is 0.392 e. The SMILES string of the molecule is CCC(O)CN(Cc1cccn1Cc1ccc(F)cc1)CC1CCCCC1. The first-order valence-corrected chi connectivity index (χ1v) is 10.4. The lowest BCUT2D eigenvalue weighted by molar-refractivity contribution is 0.0889. The summed E-state index contributed by atoms with van der Waals surface area (Å²) in [6.07, 6.45) is 9.30. The second-order valence-electron chi connectivity index (χ2n) is 8.01. The van der Waals surface area contributed by atoms with E-state index in [0.29, 0.717) is 0 Å². The van der Waals surface area contributed by atoms with Crippen LogP contribution in [-0.2, 0) is 13.1 Å². The van der Waals surface area contributed by atoms with Crippen LogP contribution in [0, 0.1) is 11.7 Å². The summed E-state index contributed by atoms with van der Waals surface area (Å²) in [5.41, 5.74) is 2.35. The van der Waals surface area contributed by atoms with Crippen LogP contribution in [0.3, 0.4) is 0 Å². The fourth-order valence-electron chi connectivity index (χ4n) is 4.13. The second kappa shape index (κ2) is 10.0. The number of halogens is 1. The number of nitrogens with zero attached hydrogens (tertiary/aromatic N) is 2. The van der Waals surface area contributed by atoms with Crippen molar-refractivity contribution in [2.24, 2.45) is 5.92 Å². The summed E-state index contributed by atoms with van der Waals surface area (Å²) in [6.45, 7) is 5.44. The zero-order chi connectivity index (χ0) is 19.1. The summed E-state index contributed by atoms with van der Waals surface area (Å²) in [5, 5.41) is 10.2. The van der Waals surface area contributed by atoms with Crippen LogP contribution in [0.2, 0.25) is 0 Å². The van der Waals surface area contributed by atoms with Gasteiger partial charge in [-0.3, -0.25) is 4.90 Å². The summed E-state index contributed by atoms with van der Waals surface area (Å²) < 4.78 is 15.4. The van der Waals surface area contributed by atoms with E-state index in [1.165, 1.54) is 49.9 Å². The Morgan fingerprint density at radius 1 is 1.15 bits per heavy atom. The van der Waals surface area contributed by atoms with Gasteiger partial charge < -0.3 is 9.67 Å². The monoisotopic (exact) mass is 372 g/mol. The molecular weight excluding hydrogens is 339 g/mol. The van der Waals surface area contributed by atoms with Crippen molar-refractivity contribution >= 4 is 0 Å². The molecule has 1 saturated carbocycles. The molecule has 0 bridgehead atoms. The average Bonchev–Trinajstić information content (AvgIpc) is 3.11. The summed E-state index contributed by atoms with van der Waals surface area (Å²) in [6, 6.07) is 11.0. The molecule has 0 aliphatic heterocycles. The van der Waals surface area contributed by atoms with Crippen molar-refractivity contribution in [3.63, 3.8) is 0 Å². The number of aliphatic hydroxyl groups excluding tert-OH is 1. The number of hydrogen-bond acceptors (Lipinski definition) is 2. The van der Waals surface area contributed by atoms with Gasteiger partial charge >= 0.3 is 0 Å². The van der Waals surface area contributed by atoms with Crippen LogP contribution in [0.25, 0.3) is 0 Å². The van der Waals surface area contributed by atoms with E-state index < -0.39 is 0 Å². The highest BCUT2D eigenvalue weighted by molar-refractivity contribution is 5.18. The van der Waals surface area contributed by atoms with E-state index in [1.54, 1.807) is 0 Å². The lowest BCUT2D eigenvalue weighted by atomic mass is 9.89. The van der Waals surface area contributed by atoms with Crippen LogP contribution in [0.4, 0.5) is 4.39 Å². The number of hydrogen-bond donors (Lipinski definition) is 1. The first-order chi connectivity index (χ1) is 13.1. The van der Waals surface area contributed by atoms with Gasteiger partial charge in [0, 0.05) is 38.1 Å². The van der Waals surface area contributed by atoms with Gasteiger partial charge in [-0.25, -0.2) is 4.39 Å². The lowest BCUT2D eigenvalue weighted by Crippen LogP contribution is -2.36. The molecule has 1 aliphatic rings. The topological polar surface area (TPSA) is 28.4 Å². The minimum Gasteiger partial charge on any atom is -0.392 e. The van der Waals surface area contributed by atoms with Crippen molar-refractivity contribution in [2.45, 2.75) is 64.6 Å². The smallest absolute Gasteiger partial charge is 0.123 e. The van der Waals surface area contributed by atoms with Crippen LogP contribution in [0.5, 0.6) is 0 Å². The van der Waals surface area contributed by atoms with Gasteiger partial charge in [-0.1, -0.05) is 38.3 Å². The molecule has 148 valence electrons. The quantitative estimate of drug-likeness (QED) is 0.683. The third kappa shape index (κ3) is 6.18. The molecule has 1 aliphatic carbocycles. The van der Waals surface area contributed by atoms with E-state index in [4.69, 9.17) is 0 Å². The molecule has 3 rings (SSSR count). The maximum Gasteiger partial charge on any atom is 0.123 e. The molecule has 1 aromatic heterocycles. The third-order valence-electron chi connectivity index (χ3n) is 5.76. The average molecular weight is 373 g/mol. The number of aliphatic hydroxyl groups is 1. The van der Waals surface area contributed by atoms with E-state index in [-0.39, 0.29) is 11.9 Å². The van der Waals surface area contributed by atoms with Gasteiger partial charge in [-0.15, -0.1) is 0 Å². The molecule has 0 amide bonds. The molecular formula is C23H33FN2O. The van der Waals surface area contributed by atoms with Gasteiger partial charge in [0.1, 0.15) is 5.82 Å². The van der Waals surface area contributed by atoms with E-state index in [0.717, 1.165) is 44.1 Å². The second-order valence-corrected chi connectivity index (χ2v) is 8.01. The Kier molecular flexibility index (Phi) is 7.48. The number of aromatic nitrogens is 1. The van der Waals surface area contributed by atoms with Crippen molar-refractivity contribution in [1.82, 2.24) is 9.47 Å². The molecule has 1 unspecified atom stereocenters. The molecule has 1 fully saturated rings. The first-order valence-electron chi connectivity index (χ1n) is 10.4. The highest BCUT2D eigenvalue weighted by Gasteiger charge is 2.20. The molecule has 0 spiro atoms. The Hall–Kier alpha value is -1.65. The highest BCUT2D eigenvalue weighted by Crippen LogP contribution is 2.25. The minimum atomic E-state index is -0.269. The molecule has 3 nitrogen and oxygen atoms in total. The predicted molar refractivity (Wildman–Crippen MR) is 108 cm³/mol. The molecule has 1 atom stereocenters. The van der Waals surface area contributed by atoms with Crippen LogP contribution >= 0.6 is 0 Å². The summed E-state index contributed by atoms with van der Waals surface area (Å²) in [5.74, 6) is 0.557. The van der Waals surface area contributed by atoms with Gasteiger partial charge in [0.25, 0.3) is 0 Å². The van der Waals surface area contributed by atoms with Gasteiger partial charge in [0.05, 0.1) is 6.10 Å². The summed E-state index contributed by atoms with van der Waals surface area (Å²) >= 11 is 0. The molecule has 2 aromatic rings.